The highest BCUT2D eigenvalue weighted by molar-refractivity contribution is 6.30. The van der Waals surface area contributed by atoms with Crippen LogP contribution in [0.15, 0.2) is 41.1 Å². The highest BCUT2D eigenvalue weighted by Crippen LogP contribution is 2.17. The molecule has 0 N–H and O–H groups in total. The lowest BCUT2D eigenvalue weighted by molar-refractivity contribution is -0.00332. The third-order valence-electron chi connectivity index (χ3n) is 3.65. The Labute approximate surface area is 138 Å². The first-order chi connectivity index (χ1) is 11.1. The van der Waals surface area contributed by atoms with E-state index in [1.165, 1.54) is 12.5 Å². The van der Waals surface area contributed by atoms with Crippen LogP contribution in [-0.2, 0) is 4.74 Å². The molecule has 1 saturated heterocycles. The molecule has 3 rings (SSSR count). The topological polar surface area (TPSA) is 72.6 Å². The number of hydrogen-bond donors (Lipinski definition) is 0. The van der Waals surface area contributed by atoms with E-state index >= 15 is 0 Å². The van der Waals surface area contributed by atoms with Crippen molar-refractivity contribution in [1.82, 2.24) is 9.88 Å². The van der Waals surface area contributed by atoms with Crippen molar-refractivity contribution >= 4 is 23.3 Å². The van der Waals surface area contributed by atoms with E-state index in [9.17, 15) is 9.59 Å². The van der Waals surface area contributed by atoms with Crippen LogP contribution in [0.4, 0.5) is 0 Å². The maximum absolute atomic E-state index is 12.6. The number of carbonyl (C=O) groups is 2. The number of ether oxygens (including phenoxy) is 1. The first-order valence-electron chi connectivity index (χ1n) is 7.22. The summed E-state index contributed by atoms with van der Waals surface area (Å²) in [7, 11) is 0. The maximum Gasteiger partial charge on any atom is 0.272 e. The van der Waals surface area contributed by atoms with Gasteiger partial charge >= 0.3 is 0 Å². The van der Waals surface area contributed by atoms with Gasteiger partial charge in [0.05, 0.1) is 30.5 Å². The second-order valence-corrected chi connectivity index (χ2v) is 5.63. The SMILES string of the molecule is O=C(C[C@H]1COCCN1C(=O)c1ccc(Cl)cn1)c1ccco1. The van der Waals surface area contributed by atoms with Crippen molar-refractivity contribution in [3.05, 3.63) is 53.2 Å². The van der Waals surface area contributed by atoms with Crippen molar-refractivity contribution in [2.24, 2.45) is 0 Å². The van der Waals surface area contributed by atoms with Crippen LogP contribution in [0.25, 0.3) is 0 Å². The first kappa shape index (κ1) is 15.7. The summed E-state index contributed by atoms with van der Waals surface area (Å²) in [5, 5.41) is 0.466. The lowest BCUT2D eigenvalue weighted by atomic mass is 10.1. The van der Waals surface area contributed by atoms with E-state index in [1.54, 1.807) is 29.2 Å². The molecule has 1 amide bonds. The van der Waals surface area contributed by atoms with E-state index in [-0.39, 0.29) is 29.9 Å². The zero-order valence-corrected chi connectivity index (χ0v) is 13.0. The Kier molecular flexibility index (Phi) is 4.73. The summed E-state index contributed by atoms with van der Waals surface area (Å²) >= 11 is 5.79. The van der Waals surface area contributed by atoms with Crippen molar-refractivity contribution in [3.8, 4) is 0 Å². The van der Waals surface area contributed by atoms with Gasteiger partial charge < -0.3 is 14.1 Å². The molecular formula is C16H15ClN2O4. The van der Waals surface area contributed by atoms with E-state index in [1.807, 2.05) is 0 Å². The van der Waals surface area contributed by atoms with Crippen LogP contribution in [0.5, 0.6) is 0 Å². The fourth-order valence-electron chi connectivity index (χ4n) is 2.49. The molecule has 0 aromatic carbocycles. The largest absolute Gasteiger partial charge is 0.461 e. The lowest BCUT2D eigenvalue weighted by Gasteiger charge is -2.35. The van der Waals surface area contributed by atoms with E-state index in [0.29, 0.717) is 30.5 Å². The Morgan fingerprint density at radius 2 is 2.22 bits per heavy atom. The van der Waals surface area contributed by atoms with Gasteiger partial charge in [0.1, 0.15) is 5.69 Å². The summed E-state index contributed by atoms with van der Waals surface area (Å²) in [5.74, 6) is -0.109. The van der Waals surface area contributed by atoms with Gasteiger partial charge in [-0.15, -0.1) is 0 Å². The zero-order valence-electron chi connectivity index (χ0n) is 12.3. The molecule has 0 spiro atoms. The second-order valence-electron chi connectivity index (χ2n) is 5.19. The number of carbonyl (C=O) groups excluding carboxylic acids is 2. The molecule has 2 aromatic rings. The van der Waals surface area contributed by atoms with Gasteiger partial charge in [0.2, 0.25) is 0 Å². The minimum absolute atomic E-state index is 0.146. The number of pyridine rings is 1. The molecule has 1 aliphatic rings. The zero-order chi connectivity index (χ0) is 16.2. The summed E-state index contributed by atoms with van der Waals surface area (Å²) in [5.41, 5.74) is 0.298. The van der Waals surface area contributed by atoms with Crippen LogP contribution in [0.3, 0.4) is 0 Å². The normalized spacial score (nSPS) is 18.0. The molecule has 1 fully saturated rings. The molecule has 0 aliphatic carbocycles. The Morgan fingerprint density at radius 1 is 1.35 bits per heavy atom. The molecule has 1 atom stereocenters. The van der Waals surface area contributed by atoms with Crippen molar-refractivity contribution in [1.29, 1.82) is 0 Å². The van der Waals surface area contributed by atoms with Crippen molar-refractivity contribution in [2.45, 2.75) is 12.5 Å². The standard InChI is InChI=1S/C16H15ClN2O4/c17-11-3-4-13(18-9-11)16(21)19-5-7-22-10-12(19)8-14(20)15-2-1-6-23-15/h1-4,6,9,12H,5,7-8,10H2/t12-/m0/s1. The average molecular weight is 335 g/mol. The Hall–Kier alpha value is -2.18. The lowest BCUT2D eigenvalue weighted by Crippen LogP contribution is -2.49. The third-order valence-corrected chi connectivity index (χ3v) is 3.88. The minimum Gasteiger partial charge on any atom is -0.461 e. The van der Waals surface area contributed by atoms with E-state index in [2.05, 4.69) is 4.98 Å². The van der Waals surface area contributed by atoms with Crippen LogP contribution in [-0.4, -0.2) is 47.4 Å². The first-order valence-corrected chi connectivity index (χ1v) is 7.60. The summed E-state index contributed by atoms with van der Waals surface area (Å²) in [6.45, 7) is 1.16. The molecule has 7 heteroatoms. The number of aromatic nitrogens is 1. The van der Waals surface area contributed by atoms with Crippen LogP contribution in [0.2, 0.25) is 5.02 Å². The number of ketones is 1. The molecule has 1 aliphatic heterocycles. The van der Waals surface area contributed by atoms with E-state index in [0.717, 1.165) is 0 Å². The Morgan fingerprint density at radius 3 is 2.91 bits per heavy atom. The predicted molar refractivity (Wildman–Crippen MR) is 82.5 cm³/mol. The molecule has 23 heavy (non-hydrogen) atoms. The highest BCUT2D eigenvalue weighted by atomic mass is 35.5. The Bertz CT molecular complexity index is 685. The van der Waals surface area contributed by atoms with Gasteiger partial charge in [-0.1, -0.05) is 11.6 Å². The number of furan rings is 1. The van der Waals surface area contributed by atoms with Gasteiger partial charge in [-0.3, -0.25) is 9.59 Å². The monoisotopic (exact) mass is 334 g/mol. The molecule has 0 unspecified atom stereocenters. The smallest absolute Gasteiger partial charge is 0.272 e. The molecule has 0 radical (unpaired) electrons. The maximum atomic E-state index is 12.6. The van der Waals surface area contributed by atoms with Crippen LogP contribution >= 0.6 is 11.6 Å². The predicted octanol–water partition coefficient (Wildman–Crippen LogP) is 2.44. The fourth-order valence-corrected chi connectivity index (χ4v) is 2.60. The summed E-state index contributed by atoms with van der Waals surface area (Å²) in [4.78, 5) is 30.5. The molecule has 2 aromatic heterocycles. The van der Waals surface area contributed by atoms with Gasteiger partial charge in [0, 0.05) is 19.2 Å². The van der Waals surface area contributed by atoms with Gasteiger partial charge in [-0.2, -0.15) is 0 Å². The van der Waals surface area contributed by atoms with Gasteiger partial charge in [-0.05, 0) is 24.3 Å². The van der Waals surface area contributed by atoms with Crippen LogP contribution in [0.1, 0.15) is 27.5 Å². The average Bonchev–Trinajstić information content (AvgIpc) is 3.10. The van der Waals surface area contributed by atoms with Crippen molar-refractivity contribution in [2.75, 3.05) is 19.8 Å². The van der Waals surface area contributed by atoms with E-state index in [4.69, 9.17) is 20.8 Å². The molecule has 3 heterocycles. The number of nitrogens with zero attached hydrogens (tertiary/aromatic N) is 2. The van der Waals surface area contributed by atoms with Gasteiger partial charge in [0.15, 0.2) is 11.5 Å². The Balaban J connectivity index is 1.74. The number of amides is 1. The number of hydrogen-bond acceptors (Lipinski definition) is 5. The molecule has 0 saturated carbocycles. The summed E-state index contributed by atoms with van der Waals surface area (Å²) < 4.78 is 10.5. The van der Waals surface area contributed by atoms with Gasteiger partial charge in [0.25, 0.3) is 5.91 Å². The minimum atomic E-state index is -0.341. The van der Waals surface area contributed by atoms with Crippen molar-refractivity contribution < 1.29 is 18.7 Å². The van der Waals surface area contributed by atoms with Crippen LogP contribution < -0.4 is 0 Å². The number of rotatable bonds is 4. The van der Waals surface area contributed by atoms with Crippen LogP contribution in [0, 0.1) is 0 Å². The molecule has 6 nitrogen and oxygen atoms in total. The summed E-state index contributed by atoms with van der Waals surface area (Å²) in [6.07, 6.45) is 3.02. The summed E-state index contributed by atoms with van der Waals surface area (Å²) in [6, 6.07) is 6.12. The number of morpholine rings is 1. The quantitative estimate of drug-likeness (QED) is 0.803. The second kappa shape index (κ2) is 6.93. The van der Waals surface area contributed by atoms with Gasteiger partial charge in [-0.25, -0.2) is 4.98 Å². The fraction of sp³-hybridized carbons (Fsp3) is 0.312. The molecule has 120 valence electrons. The third kappa shape index (κ3) is 3.60. The van der Waals surface area contributed by atoms with Crippen molar-refractivity contribution in [3.63, 3.8) is 0 Å². The van der Waals surface area contributed by atoms with E-state index < -0.39 is 0 Å². The molecular weight excluding hydrogens is 320 g/mol. The highest BCUT2D eigenvalue weighted by Gasteiger charge is 2.31. The number of Topliss-reactive ketones (excluding diaryl/α,β-unsaturated/α-hetero) is 1. The molecule has 0 bridgehead atoms. The number of halogens is 1.